The smallest absolute Gasteiger partial charge is 0.264 e. The summed E-state index contributed by atoms with van der Waals surface area (Å²) in [6.07, 6.45) is -0.359. The highest BCUT2D eigenvalue weighted by Crippen LogP contribution is 2.60. The molecule has 3 amide bonds. The number of aliphatic hydroxyl groups is 1. The van der Waals surface area contributed by atoms with Gasteiger partial charge in [0, 0.05) is 49.4 Å². The number of carbonyl (C=O) groups excluding carboxylic acids is 3. The van der Waals surface area contributed by atoms with Crippen LogP contribution in [0.4, 0.5) is 15.5 Å². The van der Waals surface area contributed by atoms with Gasteiger partial charge in [0.15, 0.2) is 5.60 Å². The van der Waals surface area contributed by atoms with Crippen LogP contribution in [0.5, 0.6) is 0 Å². The number of amides is 3. The summed E-state index contributed by atoms with van der Waals surface area (Å²) in [5.41, 5.74) is 1.99. The molecule has 42 heavy (non-hydrogen) atoms. The number of anilines is 2. The van der Waals surface area contributed by atoms with Gasteiger partial charge in [0.2, 0.25) is 20.2 Å². The monoisotopic (exact) mass is 594 g/mol. The largest absolute Gasteiger partial charge is 0.394 e. The Morgan fingerprint density at radius 2 is 1.93 bits per heavy atom. The average molecular weight is 595 g/mol. The molecule has 224 valence electrons. The first-order chi connectivity index (χ1) is 20.0. The Labute approximate surface area is 246 Å². The summed E-state index contributed by atoms with van der Waals surface area (Å²) in [5.74, 6) is -1.11. The molecule has 5 atom stereocenters. The van der Waals surface area contributed by atoms with E-state index in [1.807, 2.05) is 49.4 Å². The van der Waals surface area contributed by atoms with Crippen molar-refractivity contribution in [3.05, 3.63) is 59.2 Å². The molecule has 0 bridgehead atoms. The first-order valence-electron chi connectivity index (χ1n) is 14.7. The molecule has 4 aliphatic rings. The number of rotatable bonds is 5. The molecule has 1 spiro atoms. The summed E-state index contributed by atoms with van der Waals surface area (Å²) in [4.78, 5) is 45.6. The summed E-state index contributed by atoms with van der Waals surface area (Å²) in [6, 6.07) is 13.0. The molecular formula is C31H39FN4O5Si. The third-order valence-electron chi connectivity index (χ3n) is 9.74. The van der Waals surface area contributed by atoms with Crippen molar-refractivity contribution in [1.82, 2.24) is 10.2 Å². The number of halogens is 1. The Hall–Kier alpha value is -3.12. The molecule has 4 heterocycles. The number of benzene rings is 2. The van der Waals surface area contributed by atoms with Crippen LogP contribution in [0.25, 0.3) is 0 Å². The third kappa shape index (κ3) is 4.48. The van der Waals surface area contributed by atoms with Crippen molar-refractivity contribution in [3.8, 4) is 0 Å². The molecule has 2 fully saturated rings. The molecule has 11 heteroatoms. The number of likely N-dealkylation sites (N-methyl/N-ethyl adjacent to an activating group) is 1. The van der Waals surface area contributed by atoms with E-state index in [0.717, 1.165) is 11.1 Å². The van der Waals surface area contributed by atoms with Gasteiger partial charge < -0.3 is 34.0 Å². The summed E-state index contributed by atoms with van der Waals surface area (Å²) in [7, 11) is -1.78. The fourth-order valence-corrected chi connectivity index (χ4v) is 10.2. The van der Waals surface area contributed by atoms with Gasteiger partial charge in [-0.25, -0.2) is 0 Å². The lowest BCUT2D eigenvalue weighted by molar-refractivity contribution is -0.150. The van der Waals surface area contributed by atoms with Gasteiger partial charge in [-0.05, 0) is 48.8 Å². The van der Waals surface area contributed by atoms with Crippen molar-refractivity contribution in [2.75, 3.05) is 43.1 Å². The van der Waals surface area contributed by atoms with Crippen LogP contribution < -0.4 is 15.1 Å². The van der Waals surface area contributed by atoms with Crippen LogP contribution in [-0.4, -0.2) is 81.6 Å². The first kappa shape index (κ1) is 29.0. The molecular weight excluding hydrogens is 555 g/mol. The van der Waals surface area contributed by atoms with E-state index in [-0.39, 0.29) is 43.3 Å². The number of hydrogen-bond donors (Lipinski definition) is 2. The van der Waals surface area contributed by atoms with Gasteiger partial charge in [-0.3, -0.25) is 14.4 Å². The summed E-state index contributed by atoms with van der Waals surface area (Å²) in [6.45, 7) is 6.66. The van der Waals surface area contributed by atoms with Gasteiger partial charge in [0.25, 0.3) is 5.91 Å². The SMILES string of the molecule is C[C@H]1[C@H]([Si](C)(C)F)[C@@H](CC(=O)N2Cc3ccccc3C[C@H]2CO)O[C@]12C(=O)N(C)c1ccc(N3CCNCC3=O)cc12. The van der Waals surface area contributed by atoms with Gasteiger partial charge >= 0.3 is 0 Å². The highest BCUT2D eigenvalue weighted by Gasteiger charge is 2.66. The number of piperazine rings is 1. The van der Waals surface area contributed by atoms with Crippen LogP contribution in [0.3, 0.4) is 0 Å². The third-order valence-corrected chi connectivity index (χ3v) is 12.2. The molecule has 2 aromatic rings. The predicted molar refractivity (Wildman–Crippen MR) is 159 cm³/mol. The molecule has 0 aliphatic carbocycles. The number of fused-ring (bicyclic) bond motifs is 3. The topological polar surface area (TPSA) is 102 Å². The van der Waals surface area contributed by atoms with Crippen LogP contribution >= 0.6 is 0 Å². The molecule has 0 unspecified atom stereocenters. The van der Waals surface area contributed by atoms with Crippen molar-refractivity contribution in [2.24, 2.45) is 5.92 Å². The Morgan fingerprint density at radius 1 is 1.19 bits per heavy atom. The number of nitrogens with zero attached hydrogens (tertiary/aromatic N) is 3. The molecule has 4 aliphatic heterocycles. The summed E-state index contributed by atoms with van der Waals surface area (Å²) >= 11 is 0. The second-order valence-corrected chi connectivity index (χ2v) is 16.4. The number of aliphatic hydroxyl groups excluding tert-OH is 1. The van der Waals surface area contributed by atoms with Crippen LogP contribution in [-0.2, 0) is 37.7 Å². The van der Waals surface area contributed by atoms with E-state index in [4.69, 9.17) is 4.74 Å². The van der Waals surface area contributed by atoms with Crippen molar-refractivity contribution in [3.63, 3.8) is 0 Å². The normalized spacial score (nSPS) is 29.3. The van der Waals surface area contributed by atoms with E-state index in [9.17, 15) is 19.5 Å². The Kier molecular flexibility index (Phi) is 7.28. The van der Waals surface area contributed by atoms with E-state index in [1.165, 1.54) is 0 Å². The molecule has 0 radical (unpaired) electrons. The van der Waals surface area contributed by atoms with Crippen LogP contribution in [0.15, 0.2) is 42.5 Å². The second kappa shape index (κ2) is 10.5. The van der Waals surface area contributed by atoms with Crippen LogP contribution in [0.2, 0.25) is 18.6 Å². The highest BCUT2D eigenvalue weighted by atomic mass is 28.4. The van der Waals surface area contributed by atoms with Crippen LogP contribution in [0, 0.1) is 5.92 Å². The second-order valence-electron chi connectivity index (χ2n) is 12.6. The maximum absolute atomic E-state index is 16.2. The minimum atomic E-state index is -3.46. The molecule has 2 saturated heterocycles. The fraction of sp³-hybridized carbons (Fsp3) is 0.516. The molecule has 0 aromatic heterocycles. The zero-order chi connectivity index (χ0) is 30.0. The maximum Gasteiger partial charge on any atom is 0.264 e. The minimum Gasteiger partial charge on any atom is -0.394 e. The van der Waals surface area contributed by atoms with Gasteiger partial charge in [0.05, 0.1) is 37.4 Å². The van der Waals surface area contributed by atoms with Crippen LogP contribution in [0.1, 0.15) is 30.0 Å². The Morgan fingerprint density at radius 3 is 2.62 bits per heavy atom. The summed E-state index contributed by atoms with van der Waals surface area (Å²) < 4.78 is 22.9. The first-order valence-corrected chi connectivity index (χ1v) is 17.7. The van der Waals surface area contributed by atoms with Crippen molar-refractivity contribution in [2.45, 2.75) is 62.7 Å². The highest BCUT2D eigenvalue weighted by molar-refractivity contribution is 6.72. The average Bonchev–Trinajstić information content (AvgIpc) is 3.38. The quantitative estimate of drug-likeness (QED) is 0.408. The predicted octanol–water partition coefficient (Wildman–Crippen LogP) is 2.71. The maximum atomic E-state index is 16.2. The van der Waals surface area contributed by atoms with E-state index in [2.05, 4.69) is 5.32 Å². The van der Waals surface area contributed by atoms with Crippen molar-refractivity contribution in [1.29, 1.82) is 0 Å². The lowest BCUT2D eigenvalue weighted by Gasteiger charge is -2.37. The van der Waals surface area contributed by atoms with Crippen molar-refractivity contribution < 1.29 is 28.3 Å². The van der Waals surface area contributed by atoms with E-state index in [1.54, 1.807) is 34.8 Å². The zero-order valence-corrected chi connectivity index (χ0v) is 25.6. The van der Waals surface area contributed by atoms with Gasteiger partial charge in [-0.15, -0.1) is 0 Å². The zero-order valence-electron chi connectivity index (χ0n) is 24.6. The van der Waals surface area contributed by atoms with E-state index in [0.29, 0.717) is 43.0 Å². The van der Waals surface area contributed by atoms with E-state index >= 15 is 4.11 Å². The Balaban J connectivity index is 1.35. The Bertz CT molecular complexity index is 1430. The lowest BCUT2D eigenvalue weighted by Crippen LogP contribution is -2.48. The molecule has 6 rings (SSSR count). The van der Waals surface area contributed by atoms with Gasteiger partial charge in [-0.2, -0.15) is 0 Å². The number of hydrogen-bond acceptors (Lipinski definition) is 6. The number of nitrogens with one attached hydrogen (secondary N) is 1. The number of carbonyl (C=O) groups is 3. The number of ether oxygens (including phenoxy) is 1. The van der Waals surface area contributed by atoms with Crippen molar-refractivity contribution >= 4 is 37.5 Å². The van der Waals surface area contributed by atoms with E-state index < -0.39 is 31.6 Å². The molecule has 9 nitrogen and oxygen atoms in total. The van der Waals surface area contributed by atoms with Gasteiger partial charge in [0.1, 0.15) is 0 Å². The molecule has 2 N–H and O–H groups in total. The molecule has 2 aromatic carbocycles. The fourth-order valence-electron chi connectivity index (χ4n) is 7.72. The van der Waals surface area contributed by atoms with Gasteiger partial charge in [-0.1, -0.05) is 31.2 Å². The lowest BCUT2D eigenvalue weighted by atomic mass is 9.82. The standard InChI is InChI=1S/C31H39FN4O5Si/c1-19-29(42(3,4)32)26(15-27(38)36-17-21-8-6-5-7-20(21)13-23(36)18-37)41-31(19)24-14-22(35-12-11-33-16-28(35)39)9-10-25(24)34(2)30(31)40/h5-10,14,19,23,26,29,33,37H,11-13,15-18H2,1-4H3/t19-,23-,26+,29-,31+/m0/s1. The molecule has 0 saturated carbocycles. The summed E-state index contributed by atoms with van der Waals surface area (Å²) in [5, 5.41) is 13.2. The minimum absolute atomic E-state index is 0.0616.